The molecule has 1 aliphatic carbocycles. The van der Waals surface area contributed by atoms with Gasteiger partial charge in [-0.25, -0.2) is 13.1 Å². The molecule has 1 aromatic carbocycles. The van der Waals surface area contributed by atoms with Gasteiger partial charge in [-0.2, -0.15) is 0 Å². The largest absolute Gasteiger partial charge is 0.383 e. The zero-order chi connectivity index (χ0) is 14.6. The van der Waals surface area contributed by atoms with Gasteiger partial charge in [0.25, 0.3) is 5.91 Å². The van der Waals surface area contributed by atoms with Crippen molar-refractivity contribution in [2.75, 3.05) is 20.3 Å². The van der Waals surface area contributed by atoms with Crippen LogP contribution in [0.25, 0.3) is 0 Å². The molecule has 0 aromatic heterocycles. The highest BCUT2D eigenvalue weighted by atomic mass is 32.2. The van der Waals surface area contributed by atoms with Gasteiger partial charge in [-0.05, 0) is 31.0 Å². The second-order valence-electron chi connectivity index (χ2n) is 4.67. The smallest absolute Gasteiger partial charge is 0.251 e. The van der Waals surface area contributed by atoms with E-state index in [0.29, 0.717) is 18.7 Å². The fraction of sp³-hybridized carbons (Fsp3) is 0.462. The molecule has 1 saturated carbocycles. The first-order valence-corrected chi connectivity index (χ1v) is 7.91. The summed E-state index contributed by atoms with van der Waals surface area (Å²) >= 11 is 0. The minimum absolute atomic E-state index is 0.0409. The molecule has 110 valence electrons. The molecule has 0 aliphatic heterocycles. The lowest BCUT2D eigenvalue weighted by molar-refractivity contribution is 0.0937. The molecular formula is C13H18N2O4S. The van der Waals surface area contributed by atoms with E-state index in [1.807, 2.05) is 0 Å². The average molecular weight is 298 g/mol. The number of hydrogen-bond acceptors (Lipinski definition) is 4. The topological polar surface area (TPSA) is 84.5 Å². The van der Waals surface area contributed by atoms with Crippen LogP contribution in [-0.2, 0) is 14.8 Å². The molecule has 1 amide bonds. The van der Waals surface area contributed by atoms with Crippen molar-refractivity contribution in [1.29, 1.82) is 0 Å². The van der Waals surface area contributed by atoms with Gasteiger partial charge in [0, 0.05) is 25.3 Å². The van der Waals surface area contributed by atoms with Gasteiger partial charge in [0.2, 0.25) is 10.0 Å². The lowest BCUT2D eigenvalue weighted by atomic mass is 10.2. The van der Waals surface area contributed by atoms with Crippen LogP contribution in [0.4, 0.5) is 0 Å². The number of hydrogen-bond donors (Lipinski definition) is 2. The van der Waals surface area contributed by atoms with Crippen molar-refractivity contribution in [3.8, 4) is 0 Å². The van der Waals surface area contributed by atoms with E-state index >= 15 is 0 Å². The predicted octanol–water partition coefficient (Wildman–Crippen LogP) is 0.503. The van der Waals surface area contributed by atoms with E-state index < -0.39 is 10.0 Å². The van der Waals surface area contributed by atoms with Crippen LogP contribution in [0.15, 0.2) is 29.2 Å². The minimum atomic E-state index is -3.53. The molecule has 0 spiro atoms. The van der Waals surface area contributed by atoms with Gasteiger partial charge >= 0.3 is 0 Å². The Hall–Kier alpha value is -1.44. The summed E-state index contributed by atoms with van der Waals surface area (Å²) in [6, 6.07) is 6.05. The Bertz CT molecular complexity index is 582. The summed E-state index contributed by atoms with van der Waals surface area (Å²) in [7, 11) is -1.99. The van der Waals surface area contributed by atoms with Gasteiger partial charge in [0.05, 0.1) is 11.5 Å². The first-order chi connectivity index (χ1) is 9.53. The zero-order valence-electron chi connectivity index (χ0n) is 11.3. The van der Waals surface area contributed by atoms with Crippen LogP contribution >= 0.6 is 0 Å². The van der Waals surface area contributed by atoms with Crippen molar-refractivity contribution in [3.63, 3.8) is 0 Å². The lowest BCUT2D eigenvalue weighted by Crippen LogP contribution is -2.28. The summed E-state index contributed by atoms with van der Waals surface area (Å²) in [6.07, 6.45) is 1.74. The third kappa shape index (κ3) is 4.03. The van der Waals surface area contributed by atoms with Crippen LogP contribution in [0.3, 0.4) is 0 Å². The van der Waals surface area contributed by atoms with Crippen LogP contribution < -0.4 is 10.0 Å². The Balaban J connectivity index is 2.08. The number of rotatable bonds is 7. The molecule has 7 heteroatoms. The summed E-state index contributed by atoms with van der Waals surface area (Å²) in [4.78, 5) is 12.0. The number of nitrogens with one attached hydrogen (secondary N) is 2. The van der Waals surface area contributed by atoms with E-state index in [1.54, 1.807) is 19.2 Å². The predicted molar refractivity (Wildman–Crippen MR) is 74.0 cm³/mol. The summed E-state index contributed by atoms with van der Waals surface area (Å²) in [5, 5.41) is 2.65. The SMILES string of the molecule is COCCNC(=O)c1cccc(S(=O)(=O)NC2CC2)c1. The van der Waals surface area contributed by atoms with Crippen LogP contribution in [0.5, 0.6) is 0 Å². The molecule has 0 bridgehead atoms. The van der Waals surface area contributed by atoms with Gasteiger partial charge in [-0.1, -0.05) is 6.07 Å². The van der Waals surface area contributed by atoms with E-state index in [4.69, 9.17) is 4.74 Å². The number of amides is 1. The molecule has 0 radical (unpaired) electrons. The third-order valence-electron chi connectivity index (χ3n) is 2.90. The van der Waals surface area contributed by atoms with Crippen molar-refractivity contribution >= 4 is 15.9 Å². The first kappa shape index (κ1) is 15.0. The summed E-state index contributed by atoms with van der Waals surface area (Å²) in [5.74, 6) is -0.314. The summed E-state index contributed by atoms with van der Waals surface area (Å²) in [5.41, 5.74) is 0.319. The Kier molecular flexibility index (Phi) is 4.74. The van der Waals surface area contributed by atoms with Crippen molar-refractivity contribution in [2.24, 2.45) is 0 Å². The molecule has 0 heterocycles. The molecule has 0 unspecified atom stereocenters. The zero-order valence-corrected chi connectivity index (χ0v) is 12.1. The van der Waals surface area contributed by atoms with Crippen LogP contribution in [0.2, 0.25) is 0 Å². The van der Waals surface area contributed by atoms with Crippen molar-refractivity contribution < 1.29 is 17.9 Å². The van der Waals surface area contributed by atoms with E-state index in [-0.39, 0.29) is 16.8 Å². The van der Waals surface area contributed by atoms with Crippen LogP contribution in [0, 0.1) is 0 Å². The standard InChI is InChI=1S/C13H18N2O4S/c1-19-8-7-14-13(16)10-3-2-4-12(9-10)20(17,18)15-11-5-6-11/h2-4,9,11,15H,5-8H2,1H3,(H,14,16). The molecule has 1 fully saturated rings. The Morgan fingerprint density at radius 2 is 2.15 bits per heavy atom. The number of benzene rings is 1. The molecule has 1 aromatic rings. The highest BCUT2D eigenvalue weighted by Crippen LogP contribution is 2.22. The van der Waals surface area contributed by atoms with E-state index in [9.17, 15) is 13.2 Å². The van der Waals surface area contributed by atoms with Gasteiger partial charge in [0.1, 0.15) is 0 Å². The maximum absolute atomic E-state index is 12.1. The first-order valence-electron chi connectivity index (χ1n) is 6.42. The lowest BCUT2D eigenvalue weighted by Gasteiger charge is -2.08. The molecular weight excluding hydrogens is 280 g/mol. The quantitative estimate of drug-likeness (QED) is 0.718. The van der Waals surface area contributed by atoms with E-state index in [2.05, 4.69) is 10.0 Å². The van der Waals surface area contributed by atoms with Gasteiger partial charge in [0.15, 0.2) is 0 Å². The van der Waals surface area contributed by atoms with Crippen molar-refractivity contribution in [3.05, 3.63) is 29.8 Å². The minimum Gasteiger partial charge on any atom is -0.383 e. The molecule has 20 heavy (non-hydrogen) atoms. The second-order valence-corrected chi connectivity index (χ2v) is 6.39. The molecule has 2 rings (SSSR count). The number of sulfonamides is 1. The molecule has 6 nitrogen and oxygen atoms in total. The number of carbonyl (C=O) groups is 1. The maximum Gasteiger partial charge on any atom is 0.251 e. The Morgan fingerprint density at radius 1 is 1.40 bits per heavy atom. The molecule has 0 atom stereocenters. The monoisotopic (exact) mass is 298 g/mol. The number of ether oxygens (including phenoxy) is 1. The van der Waals surface area contributed by atoms with Gasteiger partial charge in [-0.3, -0.25) is 4.79 Å². The normalized spacial score (nSPS) is 15.1. The fourth-order valence-electron chi connectivity index (χ4n) is 1.66. The van der Waals surface area contributed by atoms with Crippen molar-refractivity contribution in [1.82, 2.24) is 10.0 Å². The highest BCUT2D eigenvalue weighted by molar-refractivity contribution is 7.89. The number of carbonyl (C=O) groups excluding carboxylic acids is 1. The second kappa shape index (κ2) is 6.34. The molecule has 1 aliphatic rings. The van der Waals surface area contributed by atoms with Crippen molar-refractivity contribution in [2.45, 2.75) is 23.8 Å². The summed E-state index contributed by atoms with van der Waals surface area (Å²) in [6.45, 7) is 0.791. The van der Waals surface area contributed by atoms with Gasteiger partial charge < -0.3 is 10.1 Å². The van der Waals surface area contributed by atoms with Crippen LogP contribution in [0.1, 0.15) is 23.2 Å². The Labute approximate surface area is 118 Å². The van der Waals surface area contributed by atoms with Crippen LogP contribution in [-0.4, -0.2) is 40.6 Å². The summed E-state index contributed by atoms with van der Waals surface area (Å²) < 4.78 is 31.5. The van der Waals surface area contributed by atoms with Gasteiger partial charge in [-0.15, -0.1) is 0 Å². The fourth-order valence-corrected chi connectivity index (χ4v) is 3.01. The molecule has 0 saturated heterocycles. The number of methoxy groups -OCH3 is 1. The average Bonchev–Trinajstić information content (AvgIpc) is 3.22. The highest BCUT2D eigenvalue weighted by Gasteiger charge is 2.28. The third-order valence-corrected chi connectivity index (χ3v) is 4.42. The van der Waals surface area contributed by atoms with E-state index in [1.165, 1.54) is 12.1 Å². The Morgan fingerprint density at radius 3 is 2.80 bits per heavy atom. The molecule has 2 N–H and O–H groups in total. The van der Waals surface area contributed by atoms with E-state index in [0.717, 1.165) is 12.8 Å². The maximum atomic E-state index is 12.1.